The van der Waals surface area contributed by atoms with E-state index in [9.17, 15) is 22.8 Å². The summed E-state index contributed by atoms with van der Waals surface area (Å²) >= 11 is 6.68. The number of nitrogens with zero attached hydrogens (tertiary/aromatic N) is 3. The molecule has 0 unspecified atom stereocenters. The number of piperidine rings is 1. The van der Waals surface area contributed by atoms with Crippen molar-refractivity contribution in [3.05, 3.63) is 100 Å². The van der Waals surface area contributed by atoms with Crippen LogP contribution in [0.5, 0.6) is 11.5 Å². The van der Waals surface area contributed by atoms with Gasteiger partial charge in [-0.05, 0) is 106 Å². The molecule has 1 aliphatic rings. The highest BCUT2D eigenvalue weighted by atomic mass is 35.5. The molecule has 1 aliphatic heterocycles. The van der Waals surface area contributed by atoms with Gasteiger partial charge < -0.3 is 24.4 Å². The molecule has 0 aliphatic carbocycles. The van der Waals surface area contributed by atoms with Gasteiger partial charge in [-0.2, -0.15) is 0 Å². The third kappa shape index (κ3) is 11.1. The second-order valence-corrected chi connectivity index (χ2v) is 14.8. The van der Waals surface area contributed by atoms with Crippen LogP contribution in [0.2, 0.25) is 5.02 Å². The van der Waals surface area contributed by atoms with E-state index in [0.29, 0.717) is 22.9 Å². The van der Waals surface area contributed by atoms with Gasteiger partial charge in [-0.25, -0.2) is 9.59 Å². The molecule has 1 N–H and O–H groups in total. The molecule has 54 heavy (non-hydrogen) atoms. The molecule has 288 valence electrons. The van der Waals surface area contributed by atoms with Crippen molar-refractivity contribution in [3.8, 4) is 33.8 Å². The summed E-state index contributed by atoms with van der Waals surface area (Å²) in [7, 11) is 1.57. The number of rotatable bonds is 10. The highest BCUT2D eigenvalue weighted by molar-refractivity contribution is 6.33. The van der Waals surface area contributed by atoms with Crippen LogP contribution in [0.25, 0.3) is 22.3 Å². The van der Waals surface area contributed by atoms with E-state index in [1.165, 1.54) is 22.6 Å². The fraction of sp³-hybridized carbons (Fsp3) is 0.390. The Morgan fingerprint density at radius 1 is 0.889 bits per heavy atom. The van der Waals surface area contributed by atoms with Crippen LogP contribution in [0, 0.1) is 13.8 Å². The van der Waals surface area contributed by atoms with E-state index in [1.807, 2.05) is 31.2 Å². The van der Waals surface area contributed by atoms with Gasteiger partial charge in [0.05, 0.1) is 5.69 Å². The lowest BCUT2D eigenvalue weighted by atomic mass is 9.89. The van der Waals surface area contributed by atoms with Crippen molar-refractivity contribution in [1.29, 1.82) is 0 Å². The maximum Gasteiger partial charge on any atom is 0.573 e. The maximum atomic E-state index is 13.1. The molecule has 0 spiro atoms. The number of amides is 2. The summed E-state index contributed by atoms with van der Waals surface area (Å²) in [5, 5.41) is 2.87. The van der Waals surface area contributed by atoms with Crippen molar-refractivity contribution in [2.24, 2.45) is 0 Å². The summed E-state index contributed by atoms with van der Waals surface area (Å²) < 4.78 is 52.6. The van der Waals surface area contributed by atoms with Gasteiger partial charge >= 0.3 is 18.5 Å². The largest absolute Gasteiger partial charge is 0.573 e. The number of aromatic nitrogens is 1. The zero-order valence-corrected chi connectivity index (χ0v) is 32.1. The molecule has 0 atom stereocenters. The van der Waals surface area contributed by atoms with Crippen LogP contribution in [0.3, 0.4) is 0 Å². The van der Waals surface area contributed by atoms with E-state index >= 15 is 0 Å². The molecule has 9 nitrogen and oxygen atoms in total. The highest BCUT2D eigenvalue weighted by Crippen LogP contribution is 2.40. The van der Waals surface area contributed by atoms with E-state index in [0.717, 1.165) is 54.7 Å². The number of carbonyl (C=O) groups is 2. The first-order valence-electron chi connectivity index (χ1n) is 17.8. The van der Waals surface area contributed by atoms with E-state index in [-0.39, 0.29) is 29.6 Å². The fourth-order valence-corrected chi connectivity index (χ4v) is 6.56. The number of likely N-dealkylation sites (tertiary alicyclic amines) is 1. The Hall–Kier alpha value is -4.81. The Bertz CT molecular complexity index is 1910. The zero-order chi connectivity index (χ0) is 39.2. The van der Waals surface area contributed by atoms with Crippen molar-refractivity contribution in [2.45, 2.75) is 71.9 Å². The van der Waals surface area contributed by atoms with Crippen LogP contribution in [-0.4, -0.2) is 72.2 Å². The number of alkyl carbamates (subject to hydrolysis) is 1. The lowest BCUT2D eigenvalue weighted by Crippen LogP contribution is -2.39. The molecule has 1 aromatic heterocycles. The topological polar surface area (TPSA) is 93.2 Å². The third-order valence-electron chi connectivity index (χ3n) is 9.10. The second kappa shape index (κ2) is 17.1. The molecule has 0 bridgehead atoms. The third-order valence-corrected chi connectivity index (χ3v) is 9.54. The molecule has 5 rings (SSSR count). The minimum absolute atomic E-state index is 0.171. The number of likely N-dealkylation sites (N-methyl/N-ethyl adjacent to an activating group) is 1. The van der Waals surface area contributed by atoms with Crippen LogP contribution in [0.15, 0.2) is 72.8 Å². The lowest BCUT2D eigenvalue weighted by Gasteiger charge is -2.32. The predicted molar refractivity (Wildman–Crippen MR) is 203 cm³/mol. The number of benzene rings is 3. The quantitative estimate of drug-likeness (QED) is 0.172. The Morgan fingerprint density at radius 2 is 1.46 bits per heavy atom. The molecule has 1 saturated heterocycles. The van der Waals surface area contributed by atoms with Crippen molar-refractivity contribution in [3.63, 3.8) is 0 Å². The number of nitrogens with one attached hydrogen (secondary N) is 1. The molecule has 4 aromatic rings. The fourth-order valence-electron chi connectivity index (χ4n) is 6.38. The lowest BCUT2D eigenvalue weighted by molar-refractivity contribution is -0.274. The molecule has 2 amide bonds. The van der Waals surface area contributed by atoms with Gasteiger partial charge in [0.1, 0.15) is 16.4 Å². The maximum absolute atomic E-state index is 13.1. The van der Waals surface area contributed by atoms with Gasteiger partial charge in [-0.15, -0.1) is 13.2 Å². The van der Waals surface area contributed by atoms with Crippen LogP contribution in [-0.2, 0) is 11.3 Å². The number of halogens is 4. The Morgan fingerprint density at radius 3 is 2.04 bits per heavy atom. The Kier molecular flexibility index (Phi) is 12.8. The molecule has 0 saturated carbocycles. The number of pyridine rings is 1. The number of alkyl halides is 3. The molecule has 3 aromatic carbocycles. The normalized spacial score (nSPS) is 14.0. The summed E-state index contributed by atoms with van der Waals surface area (Å²) in [6, 6.07) is 22.6. The molecule has 13 heteroatoms. The summed E-state index contributed by atoms with van der Waals surface area (Å²) in [5.74, 6) is 0.312. The first-order chi connectivity index (χ1) is 25.5. The highest BCUT2D eigenvalue weighted by Gasteiger charge is 2.31. The van der Waals surface area contributed by atoms with Gasteiger partial charge in [-0.3, -0.25) is 9.88 Å². The van der Waals surface area contributed by atoms with Gasteiger partial charge in [0.2, 0.25) is 0 Å². The predicted octanol–water partition coefficient (Wildman–Crippen LogP) is 9.92. The minimum atomic E-state index is -4.69. The Balaban J connectivity index is 1.18. The SMILES string of the molecule is Cc1nc(C)c(-c2ccc(-c3ccc(CN4CCC(c5ccc(OC(F)(F)F)cc5)CC4)cc3)cc2)c(OC(=O)N(C)CCNC(=O)OC(C)(C)C)c1Cl. The second-order valence-electron chi connectivity index (χ2n) is 14.5. The van der Waals surface area contributed by atoms with Gasteiger partial charge in [0.25, 0.3) is 0 Å². The number of ether oxygens (including phenoxy) is 3. The van der Waals surface area contributed by atoms with E-state index < -0.39 is 24.1 Å². The average Bonchev–Trinajstić information content (AvgIpc) is 3.10. The number of carbonyl (C=O) groups excluding carboxylic acids is 2. The van der Waals surface area contributed by atoms with Crippen LogP contribution < -0.4 is 14.8 Å². The van der Waals surface area contributed by atoms with Gasteiger partial charge in [0, 0.05) is 37.9 Å². The van der Waals surface area contributed by atoms with E-state index in [1.54, 1.807) is 46.9 Å². The van der Waals surface area contributed by atoms with Crippen molar-refractivity contribution >= 4 is 23.8 Å². The van der Waals surface area contributed by atoms with E-state index in [4.69, 9.17) is 21.1 Å². The monoisotopic (exact) mass is 766 g/mol. The molecule has 2 heterocycles. The zero-order valence-electron chi connectivity index (χ0n) is 31.4. The van der Waals surface area contributed by atoms with Crippen molar-refractivity contribution < 1.29 is 37.0 Å². The van der Waals surface area contributed by atoms with Crippen molar-refractivity contribution in [2.75, 3.05) is 33.2 Å². The molecule has 0 radical (unpaired) electrons. The summed E-state index contributed by atoms with van der Waals surface area (Å²) in [6.07, 6.45) is -4.05. The van der Waals surface area contributed by atoms with Crippen LogP contribution in [0.1, 0.15) is 62.0 Å². The summed E-state index contributed by atoms with van der Waals surface area (Å²) in [5.41, 5.74) is 6.23. The molecular weight excluding hydrogens is 721 g/mol. The van der Waals surface area contributed by atoms with Crippen LogP contribution in [0.4, 0.5) is 22.8 Å². The first-order valence-corrected chi connectivity index (χ1v) is 18.2. The summed E-state index contributed by atoms with van der Waals surface area (Å²) in [4.78, 5) is 33.5. The molecule has 1 fully saturated rings. The minimum Gasteiger partial charge on any atom is -0.444 e. The van der Waals surface area contributed by atoms with E-state index in [2.05, 4.69) is 44.2 Å². The number of hydrogen-bond acceptors (Lipinski definition) is 7. The Labute approximate surface area is 319 Å². The van der Waals surface area contributed by atoms with Crippen molar-refractivity contribution in [1.82, 2.24) is 20.1 Å². The summed E-state index contributed by atoms with van der Waals surface area (Å²) in [6.45, 7) is 11.9. The van der Waals surface area contributed by atoms with Crippen LogP contribution >= 0.6 is 11.6 Å². The first kappa shape index (κ1) is 40.4. The number of hydrogen-bond donors (Lipinski definition) is 1. The average molecular weight is 767 g/mol. The smallest absolute Gasteiger partial charge is 0.444 e. The van der Waals surface area contributed by atoms with Gasteiger partial charge in [0.15, 0.2) is 5.75 Å². The standard InChI is InChI=1S/C41H46ClF3N4O5/c1-26-35(37(36(42)27(2)47-26)52-39(51)48(6)24-21-46-38(50)54-40(3,4)5)33-13-11-30(12-14-33)29-9-7-28(8-10-29)25-49-22-19-32(20-23-49)31-15-17-34(18-16-31)53-41(43,44)45/h7-18,32H,19-25H2,1-6H3,(H,46,50). The van der Waals surface area contributed by atoms with Gasteiger partial charge in [-0.1, -0.05) is 72.3 Å². The molecular formula is C41H46ClF3N4O5. The number of aryl methyl sites for hydroxylation is 2.